The van der Waals surface area contributed by atoms with Gasteiger partial charge >= 0.3 is 0 Å². The van der Waals surface area contributed by atoms with Crippen molar-refractivity contribution in [3.8, 4) is 0 Å². The maximum Gasteiger partial charge on any atom is 0.0403 e. The molecule has 0 amide bonds. The summed E-state index contributed by atoms with van der Waals surface area (Å²) in [5, 5.41) is 2.35. The Hall–Kier alpha value is -0.510. The summed E-state index contributed by atoms with van der Waals surface area (Å²) in [5.74, 6) is 2.24. The Labute approximate surface area is 128 Å². The van der Waals surface area contributed by atoms with E-state index in [1.807, 2.05) is 35.3 Å². The Morgan fingerprint density at radius 2 is 0.947 bits per heavy atom. The van der Waals surface area contributed by atoms with Crippen LogP contribution in [0.5, 0.6) is 0 Å². The minimum atomic E-state index is 1.12. The molecule has 0 heterocycles. The van der Waals surface area contributed by atoms with Gasteiger partial charge in [-0.05, 0) is 11.1 Å². The molecule has 2 rings (SSSR count). The van der Waals surface area contributed by atoms with Crippen molar-refractivity contribution in [2.24, 2.45) is 0 Å². The Kier molecular flexibility index (Phi) is 7.37. The number of rotatable bonds is 8. The van der Waals surface area contributed by atoms with Gasteiger partial charge in [-0.15, -0.1) is 35.3 Å². The molecule has 100 valence electrons. The van der Waals surface area contributed by atoms with Gasteiger partial charge in [0, 0.05) is 21.7 Å². The summed E-state index contributed by atoms with van der Waals surface area (Å²) in [6.07, 6.45) is 0. The third-order valence-corrected chi connectivity index (χ3v) is 6.30. The molecule has 0 aliphatic carbocycles. The summed E-state index contributed by atoms with van der Waals surface area (Å²) < 4.78 is 0. The first-order valence-electron chi connectivity index (χ1n) is 6.26. The van der Waals surface area contributed by atoms with Gasteiger partial charge in [-0.2, -0.15) is 0 Å². The van der Waals surface area contributed by atoms with Crippen LogP contribution in [0.3, 0.4) is 0 Å². The van der Waals surface area contributed by atoms with Gasteiger partial charge in [0.25, 0.3) is 0 Å². The van der Waals surface area contributed by atoms with Crippen molar-refractivity contribution < 1.29 is 0 Å². The first-order valence-corrected chi connectivity index (χ1v) is 9.72. The molecule has 0 radical (unpaired) electrons. The average molecular weight is 307 g/mol. The lowest BCUT2D eigenvalue weighted by atomic mass is 10.2. The maximum atomic E-state index is 2.20. The normalized spacial score (nSPS) is 10.5. The molecular formula is C16H18S3. The molecular weight excluding hydrogens is 288 g/mol. The molecule has 3 heteroatoms. The van der Waals surface area contributed by atoms with Gasteiger partial charge in [-0.1, -0.05) is 60.7 Å². The van der Waals surface area contributed by atoms with Gasteiger partial charge < -0.3 is 0 Å². The first-order chi connectivity index (χ1) is 9.45. The lowest BCUT2D eigenvalue weighted by molar-refractivity contribution is 1.42. The molecule has 2 aromatic carbocycles. The number of thioether (sulfide) groups is 3. The van der Waals surface area contributed by atoms with Crippen molar-refractivity contribution >= 4 is 35.3 Å². The summed E-state index contributed by atoms with van der Waals surface area (Å²) in [4.78, 5) is 0. The lowest BCUT2D eigenvalue weighted by Crippen LogP contribution is -1.82. The molecule has 0 fully saturated rings. The Bertz CT molecular complexity index is 399. The van der Waals surface area contributed by atoms with Gasteiger partial charge in [-0.25, -0.2) is 0 Å². The highest BCUT2D eigenvalue weighted by Gasteiger charge is 1.95. The van der Waals surface area contributed by atoms with Crippen LogP contribution >= 0.6 is 35.3 Å². The molecule has 0 atom stereocenters. The molecule has 0 saturated heterocycles. The molecule has 0 aliphatic rings. The molecule has 0 bridgehead atoms. The zero-order valence-corrected chi connectivity index (χ0v) is 13.3. The molecule has 0 aliphatic heterocycles. The first kappa shape index (κ1) is 14.9. The summed E-state index contributed by atoms with van der Waals surface area (Å²) in [6, 6.07) is 21.4. The minimum absolute atomic E-state index is 1.12. The smallest absolute Gasteiger partial charge is 0.0403 e. The van der Waals surface area contributed by atoms with Crippen LogP contribution in [0.15, 0.2) is 60.7 Å². The van der Waals surface area contributed by atoms with Crippen LogP contribution in [0.25, 0.3) is 0 Å². The van der Waals surface area contributed by atoms with Crippen LogP contribution in [-0.4, -0.2) is 10.2 Å². The van der Waals surface area contributed by atoms with Crippen molar-refractivity contribution in [1.82, 2.24) is 0 Å². The van der Waals surface area contributed by atoms with E-state index in [4.69, 9.17) is 0 Å². The second-order valence-electron chi connectivity index (χ2n) is 4.11. The summed E-state index contributed by atoms with van der Waals surface area (Å²) in [5.41, 5.74) is 2.84. The van der Waals surface area contributed by atoms with E-state index in [0.717, 1.165) is 11.5 Å². The van der Waals surface area contributed by atoms with E-state index in [0.29, 0.717) is 0 Å². The third kappa shape index (κ3) is 6.46. The van der Waals surface area contributed by atoms with Crippen LogP contribution in [-0.2, 0) is 11.5 Å². The summed E-state index contributed by atoms with van der Waals surface area (Å²) in [6.45, 7) is 0. The van der Waals surface area contributed by atoms with Crippen molar-refractivity contribution in [3.63, 3.8) is 0 Å². The Morgan fingerprint density at radius 3 is 1.37 bits per heavy atom. The van der Waals surface area contributed by atoms with Crippen molar-refractivity contribution in [3.05, 3.63) is 71.8 Å². The number of hydrogen-bond acceptors (Lipinski definition) is 3. The molecule has 0 spiro atoms. The highest BCUT2D eigenvalue weighted by Crippen LogP contribution is 2.22. The molecule has 0 aromatic heterocycles. The highest BCUT2D eigenvalue weighted by molar-refractivity contribution is 8.22. The highest BCUT2D eigenvalue weighted by atomic mass is 32.2. The quantitative estimate of drug-likeness (QED) is 0.467. The van der Waals surface area contributed by atoms with E-state index in [1.165, 1.54) is 21.3 Å². The second kappa shape index (κ2) is 9.40. The van der Waals surface area contributed by atoms with Gasteiger partial charge in [0.1, 0.15) is 0 Å². The van der Waals surface area contributed by atoms with Crippen LogP contribution in [0, 0.1) is 0 Å². The molecule has 0 saturated carbocycles. The van der Waals surface area contributed by atoms with Crippen LogP contribution in [0.2, 0.25) is 0 Å². The standard InChI is InChI=1S/C16H18S3/c1-3-7-15(8-4-1)11-17-13-19-14-18-12-16-9-5-2-6-10-16/h1-10H,11-14H2. The zero-order valence-electron chi connectivity index (χ0n) is 10.8. The van der Waals surface area contributed by atoms with Crippen LogP contribution in [0.4, 0.5) is 0 Å². The molecule has 2 aromatic rings. The summed E-state index contributed by atoms with van der Waals surface area (Å²) in [7, 11) is 0. The van der Waals surface area contributed by atoms with Gasteiger partial charge in [-0.3, -0.25) is 0 Å². The SMILES string of the molecule is c1ccc(CSCSCSCc2ccccc2)cc1. The van der Waals surface area contributed by atoms with E-state index in [1.54, 1.807) is 0 Å². The van der Waals surface area contributed by atoms with E-state index in [9.17, 15) is 0 Å². The molecule has 19 heavy (non-hydrogen) atoms. The van der Waals surface area contributed by atoms with Crippen molar-refractivity contribution in [1.29, 1.82) is 0 Å². The number of hydrogen-bond donors (Lipinski definition) is 0. The monoisotopic (exact) mass is 306 g/mol. The lowest BCUT2D eigenvalue weighted by Gasteiger charge is -2.03. The summed E-state index contributed by atoms with van der Waals surface area (Å²) >= 11 is 6.02. The van der Waals surface area contributed by atoms with Gasteiger partial charge in [0.05, 0.1) is 0 Å². The van der Waals surface area contributed by atoms with E-state index in [-0.39, 0.29) is 0 Å². The fraction of sp³-hybridized carbons (Fsp3) is 0.250. The fourth-order valence-corrected chi connectivity index (χ4v) is 4.97. The zero-order chi connectivity index (χ0) is 13.2. The van der Waals surface area contributed by atoms with Gasteiger partial charge in [0.15, 0.2) is 0 Å². The predicted molar refractivity (Wildman–Crippen MR) is 92.8 cm³/mol. The molecule has 0 unspecified atom stereocenters. The van der Waals surface area contributed by atoms with Crippen molar-refractivity contribution in [2.45, 2.75) is 11.5 Å². The maximum absolute atomic E-state index is 2.20. The van der Waals surface area contributed by atoms with Gasteiger partial charge in [0.2, 0.25) is 0 Å². The third-order valence-electron chi connectivity index (χ3n) is 2.56. The van der Waals surface area contributed by atoms with E-state index < -0.39 is 0 Å². The molecule has 0 N–H and O–H groups in total. The minimum Gasteiger partial charge on any atom is -0.146 e. The largest absolute Gasteiger partial charge is 0.146 e. The fourth-order valence-electron chi connectivity index (χ4n) is 1.62. The average Bonchev–Trinajstić information content (AvgIpc) is 2.48. The van der Waals surface area contributed by atoms with Crippen LogP contribution < -0.4 is 0 Å². The van der Waals surface area contributed by atoms with Crippen LogP contribution in [0.1, 0.15) is 11.1 Å². The number of benzene rings is 2. The molecule has 0 nitrogen and oxygen atoms in total. The van der Waals surface area contributed by atoms with E-state index >= 15 is 0 Å². The second-order valence-corrected chi connectivity index (χ2v) is 7.80. The topological polar surface area (TPSA) is 0 Å². The Balaban J connectivity index is 1.49. The predicted octanol–water partition coefficient (Wildman–Crippen LogP) is 5.50. The van der Waals surface area contributed by atoms with Crippen molar-refractivity contribution in [2.75, 3.05) is 10.2 Å². The Morgan fingerprint density at radius 1 is 0.526 bits per heavy atom. The van der Waals surface area contributed by atoms with E-state index in [2.05, 4.69) is 60.7 Å².